The zero-order valence-corrected chi connectivity index (χ0v) is 19.9. The van der Waals surface area contributed by atoms with Gasteiger partial charge in [-0.05, 0) is 55.5 Å². The molecule has 2 aromatic carbocycles. The normalized spacial score (nSPS) is 23.8. The van der Waals surface area contributed by atoms with Crippen molar-refractivity contribution in [2.24, 2.45) is 5.73 Å². The Balaban J connectivity index is 1.35. The van der Waals surface area contributed by atoms with Gasteiger partial charge in [-0.3, -0.25) is 4.79 Å². The summed E-state index contributed by atoms with van der Waals surface area (Å²) < 4.78 is 0. The maximum atomic E-state index is 13.7. The van der Waals surface area contributed by atoms with Crippen molar-refractivity contribution in [2.45, 2.75) is 43.7 Å². The Kier molecular flexibility index (Phi) is 6.75. The Morgan fingerprint density at radius 1 is 0.941 bits per heavy atom. The molecule has 1 aromatic heterocycles. The van der Waals surface area contributed by atoms with Gasteiger partial charge in [-0.25, -0.2) is 4.98 Å². The fourth-order valence-electron chi connectivity index (χ4n) is 5.57. The van der Waals surface area contributed by atoms with Crippen LogP contribution >= 0.6 is 0 Å². The third-order valence-electron chi connectivity index (χ3n) is 7.41. The molecule has 3 aromatic rings. The lowest BCUT2D eigenvalue weighted by Gasteiger charge is -2.28. The van der Waals surface area contributed by atoms with E-state index in [1.54, 1.807) is 0 Å². The highest BCUT2D eigenvalue weighted by Gasteiger charge is 2.38. The van der Waals surface area contributed by atoms with Crippen LogP contribution in [0.25, 0.3) is 0 Å². The largest absolute Gasteiger partial charge is 0.332 e. The van der Waals surface area contributed by atoms with E-state index in [1.165, 1.54) is 17.5 Å². The number of hydrogen-bond donors (Lipinski definition) is 1. The number of amides is 1. The second-order valence-electron chi connectivity index (χ2n) is 9.85. The van der Waals surface area contributed by atoms with Gasteiger partial charge >= 0.3 is 0 Å². The van der Waals surface area contributed by atoms with Crippen molar-refractivity contribution in [3.63, 3.8) is 0 Å². The molecule has 1 amide bonds. The van der Waals surface area contributed by atoms with Crippen molar-refractivity contribution in [2.75, 3.05) is 26.2 Å². The predicted octanol–water partition coefficient (Wildman–Crippen LogP) is 4.59. The van der Waals surface area contributed by atoms with Crippen LogP contribution < -0.4 is 5.73 Å². The number of nitrogens with zero attached hydrogens (tertiary/aromatic N) is 3. The van der Waals surface area contributed by atoms with Crippen molar-refractivity contribution in [3.05, 3.63) is 101 Å². The van der Waals surface area contributed by atoms with Gasteiger partial charge < -0.3 is 15.5 Å². The molecule has 2 N–H and O–H groups in total. The molecule has 2 aliphatic rings. The summed E-state index contributed by atoms with van der Waals surface area (Å²) in [6, 6.07) is 27.0. The molecule has 2 aliphatic heterocycles. The highest BCUT2D eigenvalue weighted by atomic mass is 16.2. The summed E-state index contributed by atoms with van der Waals surface area (Å²) in [7, 11) is 0. The van der Waals surface area contributed by atoms with E-state index in [1.807, 2.05) is 25.1 Å². The van der Waals surface area contributed by atoms with E-state index in [0.717, 1.165) is 38.3 Å². The molecular weight excluding hydrogens is 420 g/mol. The van der Waals surface area contributed by atoms with E-state index in [9.17, 15) is 4.79 Å². The number of carbonyl (C=O) groups excluding carboxylic acids is 1. The number of benzene rings is 2. The molecule has 4 atom stereocenters. The van der Waals surface area contributed by atoms with E-state index in [4.69, 9.17) is 5.73 Å². The van der Waals surface area contributed by atoms with Crippen LogP contribution in [0, 0.1) is 0 Å². The quantitative estimate of drug-likeness (QED) is 0.592. The second-order valence-corrected chi connectivity index (χ2v) is 9.85. The smallest absolute Gasteiger partial charge is 0.272 e. The summed E-state index contributed by atoms with van der Waals surface area (Å²) in [5, 5.41) is 0. The van der Waals surface area contributed by atoms with E-state index in [0.29, 0.717) is 17.5 Å². The molecule has 34 heavy (non-hydrogen) atoms. The summed E-state index contributed by atoms with van der Waals surface area (Å²) >= 11 is 0. The molecule has 176 valence electrons. The molecule has 5 heteroatoms. The van der Waals surface area contributed by atoms with Crippen molar-refractivity contribution >= 4 is 5.91 Å². The summed E-state index contributed by atoms with van der Waals surface area (Å²) in [6.07, 6.45) is 2.15. The fourth-order valence-corrected chi connectivity index (χ4v) is 5.57. The monoisotopic (exact) mass is 454 g/mol. The van der Waals surface area contributed by atoms with Crippen LogP contribution in [0.5, 0.6) is 0 Å². The minimum atomic E-state index is -0.196. The summed E-state index contributed by atoms with van der Waals surface area (Å²) in [6.45, 7) is 5.67. The van der Waals surface area contributed by atoms with Crippen molar-refractivity contribution < 1.29 is 4.79 Å². The standard InChI is InChI=1S/C29H34N4O/c1-21(30)27-13-8-14-28(31-27)29(34)33-19-25(23-11-6-3-7-12-23)17-26(33)20-32-16-15-24(18-32)22-9-4-2-5-10-22/h2-14,21,24-26H,15-20,30H2,1H3/t21?,24?,25-,26+/m1/s1. The van der Waals surface area contributed by atoms with Gasteiger partial charge in [-0.1, -0.05) is 66.7 Å². The minimum absolute atomic E-state index is 0.0183. The lowest BCUT2D eigenvalue weighted by atomic mass is 9.96. The first kappa shape index (κ1) is 22.8. The third kappa shape index (κ3) is 4.91. The predicted molar refractivity (Wildman–Crippen MR) is 136 cm³/mol. The highest BCUT2D eigenvalue weighted by molar-refractivity contribution is 5.93. The summed E-state index contributed by atoms with van der Waals surface area (Å²) in [5.74, 6) is 0.935. The van der Waals surface area contributed by atoms with Crippen LogP contribution in [0.3, 0.4) is 0 Å². The number of carbonyl (C=O) groups is 1. The van der Waals surface area contributed by atoms with Crippen LogP contribution in [0.4, 0.5) is 0 Å². The first-order valence-corrected chi connectivity index (χ1v) is 12.4. The minimum Gasteiger partial charge on any atom is -0.332 e. The highest BCUT2D eigenvalue weighted by Crippen LogP contribution is 2.35. The van der Waals surface area contributed by atoms with E-state index in [-0.39, 0.29) is 18.0 Å². The van der Waals surface area contributed by atoms with Crippen molar-refractivity contribution in [1.82, 2.24) is 14.8 Å². The van der Waals surface area contributed by atoms with Gasteiger partial charge in [-0.15, -0.1) is 0 Å². The molecule has 5 nitrogen and oxygen atoms in total. The number of pyridine rings is 1. The Bertz CT molecular complexity index is 1100. The van der Waals surface area contributed by atoms with Crippen LogP contribution in [0.15, 0.2) is 78.9 Å². The second kappa shape index (κ2) is 10.1. The topological polar surface area (TPSA) is 62.5 Å². The van der Waals surface area contributed by atoms with Gasteiger partial charge in [0.25, 0.3) is 5.91 Å². The third-order valence-corrected chi connectivity index (χ3v) is 7.41. The summed E-state index contributed by atoms with van der Waals surface area (Å²) in [4.78, 5) is 22.9. The first-order valence-electron chi connectivity index (χ1n) is 12.4. The van der Waals surface area contributed by atoms with Gasteiger partial charge in [0.2, 0.25) is 0 Å². The molecule has 0 saturated carbocycles. The van der Waals surface area contributed by atoms with Crippen LogP contribution in [-0.2, 0) is 0 Å². The zero-order valence-electron chi connectivity index (χ0n) is 19.9. The molecule has 0 radical (unpaired) electrons. The molecule has 0 spiro atoms. The van der Waals surface area contributed by atoms with Gasteiger partial charge in [0, 0.05) is 37.6 Å². The van der Waals surface area contributed by atoms with Crippen LogP contribution in [-0.4, -0.2) is 52.9 Å². The average molecular weight is 455 g/mol. The van der Waals surface area contributed by atoms with E-state index >= 15 is 0 Å². The fraction of sp³-hybridized carbons (Fsp3) is 0.379. The SMILES string of the molecule is CC(N)c1cccc(C(=O)N2C[C@H](c3ccccc3)C[C@H]2CN2CCC(c3ccccc3)C2)n1. The van der Waals surface area contributed by atoms with E-state index in [2.05, 4.69) is 75.4 Å². The Morgan fingerprint density at radius 3 is 2.29 bits per heavy atom. The van der Waals surface area contributed by atoms with Gasteiger partial charge in [0.05, 0.1) is 5.69 Å². The molecule has 0 bridgehead atoms. The average Bonchev–Trinajstić information content (AvgIpc) is 3.52. The Labute approximate surface area is 202 Å². The van der Waals surface area contributed by atoms with Gasteiger partial charge in [-0.2, -0.15) is 0 Å². The molecule has 0 aliphatic carbocycles. The molecule has 2 saturated heterocycles. The van der Waals surface area contributed by atoms with Gasteiger partial charge in [0.15, 0.2) is 0 Å². The lowest BCUT2D eigenvalue weighted by molar-refractivity contribution is 0.0701. The van der Waals surface area contributed by atoms with Crippen molar-refractivity contribution in [1.29, 1.82) is 0 Å². The Hall–Kier alpha value is -3.02. The number of rotatable bonds is 6. The molecule has 3 heterocycles. The number of hydrogen-bond acceptors (Lipinski definition) is 4. The zero-order chi connectivity index (χ0) is 23.5. The van der Waals surface area contributed by atoms with Gasteiger partial charge in [0.1, 0.15) is 5.69 Å². The molecule has 5 rings (SSSR count). The molecule has 2 unspecified atom stereocenters. The van der Waals surface area contributed by atoms with Crippen molar-refractivity contribution in [3.8, 4) is 0 Å². The maximum Gasteiger partial charge on any atom is 0.272 e. The number of likely N-dealkylation sites (tertiary alicyclic amines) is 2. The Morgan fingerprint density at radius 2 is 1.62 bits per heavy atom. The maximum absolute atomic E-state index is 13.7. The number of aromatic nitrogens is 1. The molecule has 2 fully saturated rings. The van der Waals surface area contributed by atoms with Crippen LogP contribution in [0.2, 0.25) is 0 Å². The first-order chi connectivity index (χ1) is 16.6. The van der Waals surface area contributed by atoms with Crippen LogP contribution in [0.1, 0.15) is 65.0 Å². The number of nitrogens with two attached hydrogens (primary N) is 1. The lowest BCUT2D eigenvalue weighted by Crippen LogP contribution is -2.43. The van der Waals surface area contributed by atoms with E-state index < -0.39 is 0 Å². The molecular formula is C29H34N4O. The summed E-state index contributed by atoms with van der Waals surface area (Å²) in [5.41, 5.74) is 10.0.